The number of halogens is 4. The van der Waals surface area contributed by atoms with Crippen LogP contribution in [0.25, 0.3) is 0 Å². The van der Waals surface area contributed by atoms with Crippen LogP contribution in [0.2, 0.25) is 0 Å². The minimum absolute atomic E-state index is 0.230. The van der Waals surface area contributed by atoms with Crippen LogP contribution in [0.4, 0.5) is 18.9 Å². The van der Waals surface area contributed by atoms with Gasteiger partial charge in [0.2, 0.25) is 0 Å². The van der Waals surface area contributed by atoms with Crippen molar-refractivity contribution in [3.8, 4) is 0 Å². The first-order chi connectivity index (χ1) is 8.58. The lowest BCUT2D eigenvalue weighted by atomic mass is 10.2. The number of rotatable bonds is 3. The van der Waals surface area contributed by atoms with Crippen LogP contribution in [0.15, 0.2) is 36.4 Å². The summed E-state index contributed by atoms with van der Waals surface area (Å²) in [6, 6.07) is 9.50. The highest BCUT2D eigenvalue weighted by Gasteiger charge is 2.10. The molecule has 2 aromatic rings. The molecule has 2 aromatic carbocycles. The molecule has 0 spiro atoms. The maximum absolute atomic E-state index is 13.0. The first kappa shape index (κ1) is 13.2. The van der Waals surface area contributed by atoms with E-state index in [0.717, 1.165) is 21.4 Å². The van der Waals surface area contributed by atoms with E-state index in [4.69, 9.17) is 0 Å². The topological polar surface area (TPSA) is 12.0 Å². The van der Waals surface area contributed by atoms with Crippen LogP contribution in [-0.4, -0.2) is 0 Å². The first-order valence-corrected chi connectivity index (χ1v) is 6.27. The summed E-state index contributed by atoms with van der Waals surface area (Å²) in [5.41, 5.74) is 1.22. The van der Waals surface area contributed by atoms with Crippen LogP contribution < -0.4 is 5.32 Å². The number of benzene rings is 2. The van der Waals surface area contributed by atoms with E-state index in [9.17, 15) is 13.2 Å². The molecule has 0 aromatic heterocycles. The quantitative estimate of drug-likeness (QED) is 0.633. The van der Waals surface area contributed by atoms with E-state index in [-0.39, 0.29) is 6.54 Å². The van der Waals surface area contributed by atoms with Gasteiger partial charge in [0.25, 0.3) is 0 Å². The van der Waals surface area contributed by atoms with E-state index in [0.29, 0.717) is 5.56 Å². The number of nitrogens with one attached hydrogen (secondary N) is 1. The third-order valence-electron chi connectivity index (χ3n) is 2.40. The fourth-order valence-electron chi connectivity index (χ4n) is 1.51. The lowest BCUT2D eigenvalue weighted by Crippen LogP contribution is -2.03. The van der Waals surface area contributed by atoms with Gasteiger partial charge in [-0.2, -0.15) is 0 Å². The van der Waals surface area contributed by atoms with E-state index < -0.39 is 17.5 Å². The fourth-order valence-corrected chi connectivity index (χ4v) is 2.09. The lowest BCUT2D eigenvalue weighted by molar-refractivity contribution is 0.445. The van der Waals surface area contributed by atoms with Crippen molar-refractivity contribution < 1.29 is 13.2 Å². The molecule has 5 heteroatoms. The second-order valence-electron chi connectivity index (χ2n) is 3.71. The van der Waals surface area contributed by atoms with E-state index >= 15 is 0 Å². The zero-order chi connectivity index (χ0) is 13.1. The van der Waals surface area contributed by atoms with Gasteiger partial charge in [0.15, 0.2) is 17.5 Å². The Morgan fingerprint density at radius 3 is 2.22 bits per heavy atom. The van der Waals surface area contributed by atoms with Gasteiger partial charge >= 0.3 is 0 Å². The Labute approximate surface area is 116 Å². The summed E-state index contributed by atoms with van der Waals surface area (Å²) < 4.78 is 39.8. The van der Waals surface area contributed by atoms with Crippen LogP contribution in [0.3, 0.4) is 0 Å². The van der Waals surface area contributed by atoms with Gasteiger partial charge in [-0.1, -0.05) is 12.1 Å². The molecule has 0 aliphatic rings. The van der Waals surface area contributed by atoms with Gasteiger partial charge < -0.3 is 5.32 Å². The molecule has 18 heavy (non-hydrogen) atoms. The third kappa shape index (κ3) is 2.95. The molecule has 0 heterocycles. The fraction of sp³-hybridized carbons (Fsp3) is 0.0769. The van der Waals surface area contributed by atoms with Gasteiger partial charge in [0, 0.05) is 15.8 Å². The SMILES string of the molecule is Fc1cc(CNc2ccccc2I)cc(F)c1F. The number of anilines is 1. The highest BCUT2D eigenvalue weighted by Crippen LogP contribution is 2.19. The molecule has 94 valence electrons. The molecule has 1 nitrogen and oxygen atoms in total. The molecule has 0 aliphatic heterocycles. The van der Waals surface area contributed by atoms with E-state index in [2.05, 4.69) is 27.9 Å². The van der Waals surface area contributed by atoms with Crippen molar-refractivity contribution in [3.63, 3.8) is 0 Å². The zero-order valence-electron chi connectivity index (χ0n) is 9.18. The summed E-state index contributed by atoms with van der Waals surface area (Å²) >= 11 is 2.15. The van der Waals surface area contributed by atoms with Crippen LogP contribution in [-0.2, 0) is 6.54 Å². The monoisotopic (exact) mass is 363 g/mol. The summed E-state index contributed by atoms with van der Waals surface area (Å²) in [5.74, 6) is -3.78. The van der Waals surface area contributed by atoms with Crippen molar-refractivity contribution in [2.45, 2.75) is 6.54 Å². The minimum atomic E-state index is -1.44. The summed E-state index contributed by atoms with van der Waals surface area (Å²) in [6.07, 6.45) is 0. The molecule has 0 fully saturated rings. The van der Waals surface area contributed by atoms with Crippen molar-refractivity contribution in [2.24, 2.45) is 0 Å². The molecule has 0 saturated carbocycles. The van der Waals surface area contributed by atoms with E-state index in [1.54, 1.807) is 0 Å². The van der Waals surface area contributed by atoms with Crippen LogP contribution in [0.1, 0.15) is 5.56 Å². The zero-order valence-corrected chi connectivity index (χ0v) is 11.3. The van der Waals surface area contributed by atoms with Crippen molar-refractivity contribution >= 4 is 28.3 Å². The van der Waals surface area contributed by atoms with Crippen molar-refractivity contribution in [3.05, 3.63) is 63.0 Å². The van der Waals surface area contributed by atoms with Gasteiger partial charge in [-0.05, 0) is 52.4 Å². The average molecular weight is 363 g/mol. The molecule has 0 radical (unpaired) electrons. The summed E-state index contributed by atoms with van der Waals surface area (Å²) in [5, 5.41) is 3.04. The summed E-state index contributed by atoms with van der Waals surface area (Å²) in [6.45, 7) is 0.230. The van der Waals surface area contributed by atoms with Gasteiger partial charge in [-0.15, -0.1) is 0 Å². The third-order valence-corrected chi connectivity index (χ3v) is 3.34. The number of hydrogen-bond donors (Lipinski definition) is 1. The van der Waals surface area contributed by atoms with Gasteiger partial charge in [-0.3, -0.25) is 0 Å². The number of hydrogen-bond acceptors (Lipinski definition) is 1. The Kier molecular flexibility index (Phi) is 4.11. The molecular weight excluding hydrogens is 354 g/mol. The van der Waals surface area contributed by atoms with Crippen LogP contribution in [0, 0.1) is 21.0 Å². The Morgan fingerprint density at radius 2 is 1.61 bits per heavy atom. The molecule has 0 atom stereocenters. The normalized spacial score (nSPS) is 10.4. The summed E-state index contributed by atoms with van der Waals surface area (Å²) in [4.78, 5) is 0. The second-order valence-corrected chi connectivity index (χ2v) is 4.87. The van der Waals surface area contributed by atoms with E-state index in [1.807, 2.05) is 24.3 Å². The molecule has 0 unspecified atom stereocenters. The molecule has 2 rings (SSSR count). The Balaban J connectivity index is 2.14. The van der Waals surface area contributed by atoms with Crippen LogP contribution in [0.5, 0.6) is 0 Å². The van der Waals surface area contributed by atoms with Crippen LogP contribution >= 0.6 is 22.6 Å². The Hall–Kier alpha value is -1.24. The maximum Gasteiger partial charge on any atom is 0.194 e. The predicted octanol–water partition coefficient (Wildman–Crippen LogP) is 4.32. The maximum atomic E-state index is 13.0. The largest absolute Gasteiger partial charge is 0.380 e. The smallest absolute Gasteiger partial charge is 0.194 e. The molecular formula is C13H9F3IN. The molecule has 0 amide bonds. The standard InChI is InChI=1S/C13H9F3IN/c14-9-5-8(6-10(15)13(9)16)7-18-12-4-2-1-3-11(12)17/h1-6,18H,7H2. The van der Waals surface area contributed by atoms with Gasteiger partial charge in [0.05, 0.1) is 0 Å². The van der Waals surface area contributed by atoms with Crippen molar-refractivity contribution in [1.82, 2.24) is 0 Å². The highest BCUT2D eigenvalue weighted by atomic mass is 127. The molecule has 1 N–H and O–H groups in total. The predicted molar refractivity (Wildman–Crippen MR) is 72.8 cm³/mol. The average Bonchev–Trinajstić information content (AvgIpc) is 2.35. The lowest BCUT2D eigenvalue weighted by Gasteiger charge is -2.09. The second kappa shape index (κ2) is 5.60. The Morgan fingerprint density at radius 1 is 1.00 bits per heavy atom. The molecule has 0 aliphatic carbocycles. The number of para-hydroxylation sites is 1. The van der Waals surface area contributed by atoms with Crippen molar-refractivity contribution in [2.75, 3.05) is 5.32 Å². The Bertz CT molecular complexity index is 549. The minimum Gasteiger partial charge on any atom is -0.380 e. The van der Waals surface area contributed by atoms with E-state index in [1.165, 1.54) is 0 Å². The first-order valence-electron chi connectivity index (χ1n) is 5.20. The molecule has 0 bridgehead atoms. The van der Waals surface area contributed by atoms with Gasteiger partial charge in [-0.25, -0.2) is 13.2 Å². The van der Waals surface area contributed by atoms with Gasteiger partial charge in [0.1, 0.15) is 0 Å². The highest BCUT2D eigenvalue weighted by molar-refractivity contribution is 14.1. The van der Waals surface area contributed by atoms with Crippen molar-refractivity contribution in [1.29, 1.82) is 0 Å². The molecule has 0 saturated heterocycles. The summed E-state index contributed by atoms with van der Waals surface area (Å²) in [7, 11) is 0.